The molecule has 0 bridgehead atoms. The molecule has 1 aliphatic carbocycles. The predicted molar refractivity (Wildman–Crippen MR) is 86.3 cm³/mol. The molecule has 3 aromatic rings. The van der Waals surface area contributed by atoms with Crippen molar-refractivity contribution in [3.8, 4) is 16.9 Å². The van der Waals surface area contributed by atoms with Crippen LogP contribution in [-0.2, 0) is 6.42 Å². The van der Waals surface area contributed by atoms with E-state index in [4.69, 9.17) is 5.73 Å². The molecule has 0 aromatic heterocycles. The van der Waals surface area contributed by atoms with E-state index in [1.165, 1.54) is 22.3 Å². The highest BCUT2D eigenvalue weighted by atomic mass is 16.3. The van der Waals surface area contributed by atoms with Crippen LogP contribution in [0.25, 0.3) is 21.9 Å². The number of nitrogens with two attached hydrogens (primary N) is 1. The summed E-state index contributed by atoms with van der Waals surface area (Å²) in [7, 11) is 0. The van der Waals surface area contributed by atoms with Crippen LogP contribution in [0.2, 0.25) is 0 Å². The second-order valence-corrected chi connectivity index (χ2v) is 5.80. The number of rotatable bonds is 1. The Morgan fingerprint density at radius 2 is 1.62 bits per heavy atom. The van der Waals surface area contributed by atoms with E-state index in [-0.39, 0.29) is 6.04 Å². The van der Waals surface area contributed by atoms with Crippen LogP contribution in [0.3, 0.4) is 0 Å². The number of phenols is 1. The number of phenolic OH excluding ortho intramolecular Hbond substituents is 1. The van der Waals surface area contributed by atoms with Crippen molar-refractivity contribution in [2.75, 3.05) is 0 Å². The molecule has 3 N–H and O–H groups in total. The van der Waals surface area contributed by atoms with Crippen molar-refractivity contribution >= 4 is 10.8 Å². The summed E-state index contributed by atoms with van der Waals surface area (Å²) >= 11 is 0. The molecular formula is C19H17NO. The zero-order chi connectivity index (χ0) is 14.4. The Morgan fingerprint density at radius 1 is 0.857 bits per heavy atom. The summed E-state index contributed by atoms with van der Waals surface area (Å²) in [5.41, 5.74) is 11.2. The molecule has 2 nitrogen and oxygen atoms in total. The maximum atomic E-state index is 9.63. The smallest absolute Gasteiger partial charge is 0.116 e. The molecule has 2 heteroatoms. The Morgan fingerprint density at radius 3 is 2.52 bits per heavy atom. The van der Waals surface area contributed by atoms with Gasteiger partial charge in [-0.2, -0.15) is 0 Å². The molecule has 1 atom stereocenters. The maximum absolute atomic E-state index is 9.63. The molecule has 3 aromatic carbocycles. The minimum Gasteiger partial charge on any atom is -0.508 e. The highest BCUT2D eigenvalue weighted by molar-refractivity contribution is 5.88. The quantitative estimate of drug-likeness (QED) is 0.700. The summed E-state index contributed by atoms with van der Waals surface area (Å²) in [5, 5.41) is 11.8. The van der Waals surface area contributed by atoms with E-state index >= 15 is 0 Å². The fourth-order valence-electron chi connectivity index (χ4n) is 3.24. The standard InChI is InChI=1S/C19H17NO/c20-19-8-5-15-9-14(4-7-18(15)19)13-2-1-12-3-6-17(21)11-16(12)10-13/h1-4,6-7,9-11,19,21H,5,8,20H2. The molecule has 0 fully saturated rings. The second-order valence-electron chi connectivity index (χ2n) is 5.80. The number of hydrogen-bond acceptors (Lipinski definition) is 2. The first kappa shape index (κ1) is 12.4. The van der Waals surface area contributed by atoms with Crippen molar-refractivity contribution in [1.82, 2.24) is 0 Å². The second kappa shape index (κ2) is 4.61. The van der Waals surface area contributed by atoms with Crippen molar-refractivity contribution < 1.29 is 5.11 Å². The Hall–Kier alpha value is -2.32. The largest absolute Gasteiger partial charge is 0.508 e. The fraction of sp³-hybridized carbons (Fsp3) is 0.158. The van der Waals surface area contributed by atoms with Crippen LogP contribution in [0, 0.1) is 0 Å². The summed E-state index contributed by atoms with van der Waals surface area (Å²) in [4.78, 5) is 0. The van der Waals surface area contributed by atoms with Gasteiger partial charge in [0.25, 0.3) is 0 Å². The Bertz CT molecular complexity index is 838. The van der Waals surface area contributed by atoms with Crippen molar-refractivity contribution in [1.29, 1.82) is 0 Å². The number of aromatic hydroxyl groups is 1. The molecule has 0 saturated carbocycles. The van der Waals surface area contributed by atoms with Gasteiger partial charge in [-0.15, -0.1) is 0 Å². The van der Waals surface area contributed by atoms with Gasteiger partial charge in [0, 0.05) is 6.04 Å². The molecule has 1 aliphatic rings. The first-order chi connectivity index (χ1) is 10.2. The van der Waals surface area contributed by atoms with Crippen molar-refractivity contribution in [3.05, 3.63) is 65.7 Å². The lowest BCUT2D eigenvalue weighted by Crippen LogP contribution is -2.04. The van der Waals surface area contributed by atoms with Crippen molar-refractivity contribution in [3.63, 3.8) is 0 Å². The minimum atomic E-state index is 0.197. The first-order valence-corrected chi connectivity index (χ1v) is 7.32. The molecule has 104 valence electrons. The fourth-order valence-corrected chi connectivity index (χ4v) is 3.24. The highest BCUT2D eigenvalue weighted by Gasteiger charge is 2.19. The number of aryl methyl sites for hydroxylation is 1. The van der Waals surface area contributed by atoms with Crippen molar-refractivity contribution in [2.45, 2.75) is 18.9 Å². The lowest BCUT2D eigenvalue weighted by molar-refractivity contribution is 0.476. The molecule has 0 saturated heterocycles. The van der Waals surface area contributed by atoms with E-state index < -0.39 is 0 Å². The average molecular weight is 275 g/mol. The number of fused-ring (bicyclic) bond motifs is 2. The van der Waals surface area contributed by atoms with Crippen LogP contribution in [0.5, 0.6) is 5.75 Å². The third-order valence-electron chi connectivity index (χ3n) is 4.42. The minimum absolute atomic E-state index is 0.197. The van der Waals surface area contributed by atoms with Gasteiger partial charge >= 0.3 is 0 Å². The molecule has 0 heterocycles. The van der Waals surface area contributed by atoms with Crippen LogP contribution < -0.4 is 5.73 Å². The van der Waals surface area contributed by atoms with Crippen molar-refractivity contribution in [2.24, 2.45) is 5.73 Å². The van der Waals surface area contributed by atoms with Gasteiger partial charge in [-0.1, -0.05) is 36.4 Å². The molecule has 0 amide bonds. The molecule has 0 radical (unpaired) electrons. The molecule has 0 aliphatic heterocycles. The number of benzene rings is 3. The predicted octanol–water partition coefficient (Wildman–Crippen LogP) is 4.16. The Kier molecular flexibility index (Phi) is 2.72. The van der Waals surface area contributed by atoms with E-state index in [1.807, 2.05) is 12.1 Å². The van der Waals surface area contributed by atoms with Crippen LogP contribution in [-0.4, -0.2) is 5.11 Å². The maximum Gasteiger partial charge on any atom is 0.116 e. The summed E-state index contributed by atoms with van der Waals surface area (Å²) in [6.45, 7) is 0. The Balaban J connectivity index is 1.83. The van der Waals surface area contributed by atoms with Gasteiger partial charge in [0.2, 0.25) is 0 Å². The molecule has 0 spiro atoms. The van der Waals surface area contributed by atoms with Gasteiger partial charge in [-0.05, 0) is 64.1 Å². The third-order valence-corrected chi connectivity index (χ3v) is 4.42. The van der Waals surface area contributed by atoms with Crippen LogP contribution in [0.1, 0.15) is 23.6 Å². The van der Waals surface area contributed by atoms with Crippen LogP contribution in [0.15, 0.2) is 54.6 Å². The lowest BCUT2D eigenvalue weighted by atomic mass is 9.97. The summed E-state index contributed by atoms with van der Waals surface area (Å²) in [5.74, 6) is 0.305. The zero-order valence-corrected chi connectivity index (χ0v) is 11.7. The normalized spacial score (nSPS) is 17.1. The molecule has 1 unspecified atom stereocenters. The van der Waals surface area contributed by atoms with Crippen LogP contribution >= 0.6 is 0 Å². The number of hydrogen-bond donors (Lipinski definition) is 2. The summed E-state index contributed by atoms with van der Waals surface area (Å²) < 4.78 is 0. The van der Waals surface area contributed by atoms with Gasteiger partial charge in [0.15, 0.2) is 0 Å². The topological polar surface area (TPSA) is 46.2 Å². The molecular weight excluding hydrogens is 258 g/mol. The van der Waals surface area contributed by atoms with Crippen LogP contribution in [0.4, 0.5) is 0 Å². The van der Waals surface area contributed by atoms with Gasteiger partial charge in [0.1, 0.15) is 5.75 Å². The van der Waals surface area contributed by atoms with E-state index in [1.54, 1.807) is 6.07 Å². The molecule has 4 rings (SSSR count). The zero-order valence-electron chi connectivity index (χ0n) is 11.7. The SMILES string of the molecule is NC1CCc2cc(-c3ccc4ccc(O)cc4c3)ccc21. The van der Waals surface area contributed by atoms with E-state index in [0.29, 0.717) is 5.75 Å². The summed E-state index contributed by atoms with van der Waals surface area (Å²) in [6.07, 6.45) is 2.11. The van der Waals surface area contributed by atoms with Gasteiger partial charge in [-0.25, -0.2) is 0 Å². The summed E-state index contributed by atoms with van der Waals surface area (Å²) in [6, 6.07) is 18.6. The first-order valence-electron chi connectivity index (χ1n) is 7.32. The molecule has 21 heavy (non-hydrogen) atoms. The van der Waals surface area contributed by atoms with Gasteiger partial charge in [-0.3, -0.25) is 0 Å². The highest BCUT2D eigenvalue weighted by Crippen LogP contribution is 2.33. The van der Waals surface area contributed by atoms with E-state index in [9.17, 15) is 5.11 Å². The van der Waals surface area contributed by atoms with E-state index in [2.05, 4.69) is 36.4 Å². The third kappa shape index (κ3) is 2.08. The Labute approximate surface area is 123 Å². The average Bonchev–Trinajstić information content (AvgIpc) is 2.87. The monoisotopic (exact) mass is 275 g/mol. The van der Waals surface area contributed by atoms with Gasteiger partial charge < -0.3 is 10.8 Å². The lowest BCUT2D eigenvalue weighted by Gasteiger charge is -2.09. The van der Waals surface area contributed by atoms with E-state index in [0.717, 1.165) is 23.6 Å². The van der Waals surface area contributed by atoms with Gasteiger partial charge in [0.05, 0.1) is 0 Å².